The Kier molecular flexibility index (Phi) is 3.27. The molecule has 0 bridgehead atoms. The highest BCUT2D eigenvalue weighted by Gasteiger charge is 2.34. The normalized spacial score (nSPS) is 22.5. The van der Waals surface area contributed by atoms with Crippen LogP contribution in [0.5, 0.6) is 0 Å². The van der Waals surface area contributed by atoms with Gasteiger partial charge in [-0.05, 0) is 27.2 Å². The molecule has 1 atom stereocenters. The highest BCUT2D eigenvalue weighted by atomic mass is 32.2. The number of nitrogens with zero attached hydrogens (tertiary/aromatic N) is 2. The maximum absolute atomic E-state index is 12.0. The van der Waals surface area contributed by atoms with Gasteiger partial charge >= 0.3 is 0 Å². The van der Waals surface area contributed by atoms with Crippen LogP contribution in [0, 0.1) is 6.92 Å². The molecule has 2 rings (SSSR count). The molecule has 0 aromatic carbocycles. The van der Waals surface area contributed by atoms with E-state index in [2.05, 4.69) is 9.97 Å². The Labute approximate surface area is 102 Å². The Morgan fingerprint density at radius 2 is 2.24 bits per heavy atom. The number of H-pyrrole nitrogens is 1. The van der Waals surface area contributed by atoms with Crippen LogP contribution in [0.3, 0.4) is 0 Å². The van der Waals surface area contributed by atoms with Gasteiger partial charge in [-0.25, -0.2) is 17.7 Å². The van der Waals surface area contributed by atoms with Crippen molar-refractivity contribution in [1.29, 1.82) is 0 Å². The summed E-state index contributed by atoms with van der Waals surface area (Å²) in [4.78, 5) is 7.47. The Morgan fingerprint density at radius 3 is 2.76 bits per heavy atom. The van der Waals surface area contributed by atoms with Gasteiger partial charge in [0.2, 0.25) is 10.0 Å². The SMILES string of the molecule is Cc1cnc([C@@H]2CCN(S(=O)(=O)C(C)C)C2)[nH]1. The Morgan fingerprint density at radius 1 is 1.53 bits per heavy atom. The predicted molar refractivity (Wildman–Crippen MR) is 66.3 cm³/mol. The lowest BCUT2D eigenvalue weighted by molar-refractivity contribution is 0.464. The third kappa shape index (κ3) is 2.37. The molecule has 0 spiro atoms. The van der Waals surface area contributed by atoms with Crippen molar-refractivity contribution in [2.24, 2.45) is 0 Å². The van der Waals surface area contributed by atoms with Crippen molar-refractivity contribution < 1.29 is 8.42 Å². The molecule has 0 saturated carbocycles. The summed E-state index contributed by atoms with van der Waals surface area (Å²) in [5.41, 5.74) is 1.02. The summed E-state index contributed by atoms with van der Waals surface area (Å²) in [6.45, 7) is 6.55. The van der Waals surface area contributed by atoms with Gasteiger partial charge in [-0.15, -0.1) is 0 Å². The van der Waals surface area contributed by atoms with Crippen LogP contribution in [-0.2, 0) is 10.0 Å². The minimum atomic E-state index is -3.12. The van der Waals surface area contributed by atoms with Gasteiger partial charge < -0.3 is 4.98 Å². The van der Waals surface area contributed by atoms with Gasteiger partial charge in [0, 0.05) is 30.9 Å². The van der Waals surface area contributed by atoms with Crippen molar-refractivity contribution in [2.45, 2.75) is 38.4 Å². The summed E-state index contributed by atoms with van der Waals surface area (Å²) >= 11 is 0. The van der Waals surface area contributed by atoms with Crippen LogP contribution in [0.1, 0.15) is 37.7 Å². The molecule has 1 fully saturated rings. The maximum Gasteiger partial charge on any atom is 0.216 e. The largest absolute Gasteiger partial charge is 0.346 e. The molecule has 96 valence electrons. The molecular weight excluding hydrogens is 238 g/mol. The van der Waals surface area contributed by atoms with E-state index in [0.29, 0.717) is 13.1 Å². The van der Waals surface area contributed by atoms with Gasteiger partial charge in [0.15, 0.2) is 0 Å². The van der Waals surface area contributed by atoms with Gasteiger partial charge in [0.25, 0.3) is 0 Å². The van der Waals surface area contributed by atoms with E-state index >= 15 is 0 Å². The molecule has 0 amide bonds. The zero-order chi connectivity index (χ0) is 12.6. The van der Waals surface area contributed by atoms with Crippen molar-refractivity contribution in [3.05, 3.63) is 17.7 Å². The van der Waals surface area contributed by atoms with E-state index in [0.717, 1.165) is 17.9 Å². The number of imidazole rings is 1. The maximum atomic E-state index is 12.0. The zero-order valence-electron chi connectivity index (χ0n) is 10.5. The number of rotatable bonds is 3. The van der Waals surface area contributed by atoms with Gasteiger partial charge in [0.05, 0.1) is 5.25 Å². The van der Waals surface area contributed by atoms with Crippen LogP contribution < -0.4 is 0 Å². The summed E-state index contributed by atoms with van der Waals surface area (Å²) in [6.07, 6.45) is 2.63. The van der Waals surface area contributed by atoms with Crippen molar-refractivity contribution >= 4 is 10.0 Å². The fraction of sp³-hybridized carbons (Fsp3) is 0.727. The first-order chi connectivity index (χ1) is 7.91. The first kappa shape index (κ1) is 12.6. The second-order valence-electron chi connectivity index (χ2n) is 4.89. The highest BCUT2D eigenvalue weighted by Crippen LogP contribution is 2.28. The quantitative estimate of drug-likeness (QED) is 0.886. The van der Waals surface area contributed by atoms with Gasteiger partial charge in [-0.3, -0.25) is 0 Å². The van der Waals surface area contributed by atoms with Crippen molar-refractivity contribution in [3.8, 4) is 0 Å². The molecule has 1 aliphatic rings. The van der Waals surface area contributed by atoms with E-state index < -0.39 is 10.0 Å². The Hall–Kier alpha value is -0.880. The monoisotopic (exact) mass is 257 g/mol. The first-order valence-electron chi connectivity index (χ1n) is 5.91. The molecule has 2 heterocycles. The van der Waals surface area contributed by atoms with Crippen molar-refractivity contribution in [1.82, 2.24) is 14.3 Å². The molecule has 1 aliphatic heterocycles. The standard InChI is InChI=1S/C11H19N3O2S/c1-8(2)17(15,16)14-5-4-10(7-14)11-12-6-9(3)13-11/h6,8,10H,4-5,7H2,1-3H3,(H,12,13)/t10-/m1/s1. The smallest absolute Gasteiger partial charge is 0.216 e. The topological polar surface area (TPSA) is 66.1 Å². The highest BCUT2D eigenvalue weighted by molar-refractivity contribution is 7.89. The number of nitrogens with one attached hydrogen (secondary N) is 1. The van der Waals surface area contributed by atoms with Gasteiger partial charge in [-0.2, -0.15) is 0 Å². The van der Waals surface area contributed by atoms with Crippen LogP contribution in [0.15, 0.2) is 6.20 Å². The number of aromatic amines is 1. The summed E-state index contributed by atoms with van der Waals surface area (Å²) in [5, 5.41) is -0.348. The molecular formula is C11H19N3O2S. The first-order valence-corrected chi connectivity index (χ1v) is 7.42. The molecule has 1 N–H and O–H groups in total. The molecule has 6 heteroatoms. The molecule has 0 unspecified atom stereocenters. The number of hydrogen-bond donors (Lipinski definition) is 1. The van der Waals surface area contributed by atoms with E-state index in [1.807, 2.05) is 6.92 Å². The molecule has 1 aromatic rings. The predicted octanol–water partition coefficient (Wildman–Crippen LogP) is 1.25. The fourth-order valence-electron chi connectivity index (χ4n) is 2.12. The van der Waals surface area contributed by atoms with Crippen molar-refractivity contribution in [2.75, 3.05) is 13.1 Å². The van der Waals surface area contributed by atoms with Crippen LogP contribution in [0.2, 0.25) is 0 Å². The second kappa shape index (κ2) is 4.42. The number of hydrogen-bond acceptors (Lipinski definition) is 3. The lowest BCUT2D eigenvalue weighted by Gasteiger charge is -2.18. The van der Waals surface area contributed by atoms with Crippen LogP contribution >= 0.6 is 0 Å². The average molecular weight is 257 g/mol. The lowest BCUT2D eigenvalue weighted by atomic mass is 10.1. The third-order valence-corrected chi connectivity index (χ3v) is 5.46. The molecule has 5 nitrogen and oxygen atoms in total. The number of aryl methyl sites for hydroxylation is 1. The van der Waals surface area contributed by atoms with Crippen LogP contribution in [0.4, 0.5) is 0 Å². The van der Waals surface area contributed by atoms with E-state index in [-0.39, 0.29) is 11.2 Å². The molecule has 0 aliphatic carbocycles. The molecule has 1 aromatic heterocycles. The van der Waals surface area contributed by atoms with E-state index in [9.17, 15) is 8.42 Å². The number of sulfonamides is 1. The minimum Gasteiger partial charge on any atom is -0.346 e. The zero-order valence-corrected chi connectivity index (χ0v) is 11.3. The van der Waals surface area contributed by atoms with Gasteiger partial charge in [-0.1, -0.05) is 0 Å². The summed E-state index contributed by atoms with van der Waals surface area (Å²) in [6, 6.07) is 0. The molecule has 1 saturated heterocycles. The van der Waals surface area contributed by atoms with Crippen molar-refractivity contribution in [3.63, 3.8) is 0 Å². The second-order valence-corrected chi connectivity index (χ2v) is 7.38. The van der Waals surface area contributed by atoms with E-state index in [4.69, 9.17) is 0 Å². The Bertz CT molecular complexity index is 493. The lowest BCUT2D eigenvalue weighted by Crippen LogP contribution is -2.34. The minimum absolute atomic E-state index is 0.206. The third-order valence-electron chi connectivity index (χ3n) is 3.22. The fourth-order valence-corrected chi connectivity index (χ4v) is 3.46. The summed E-state index contributed by atoms with van der Waals surface area (Å²) in [7, 11) is -3.12. The van der Waals surface area contributed by atoms with Gasteiger partial charge in [0.1, 0.15) is 5.82 Å². The summed E-state index contributed by atoms with van der Waals surface area (Å²) < 4.78 is 25.6. The van der Waals surface area contributed by atoms with Crippen LogP contribution in [-0.4, -0.2) is 41.0 Å². The van der Waals surface area contributed by atoms with Crippen LogP contribution in [0.25, 0.3) is 0 Å². The van der Waals surface area contributed by atoms with E-state index in [1.165, 1.54) is 0 Å². The average Bonchev–Trinajstić information content (AvgIpc) is 2.85. The molecule has 0 radical (unpaired) electrons. The Balaban J connectivity index is 2.11. The summed E-state index contributed by atoms with van der Waals surface area (Å²) in [5.74, 6) is 1.11. The molecule has 17 heavy (non-hydrogen) atoms. The van der Waals surface area contributed by atoms with E-state index in [1.54, 1.807) is 24.3 Å². The number of aromatic nitrogens is 2.